The standard InChI is InChI=1S/C31H27ClFN3O7.Li.H/c1-41-26-16-21-23(17-27(26)42-13-3-6-28(37)38)34-12-9-24(21)43-25-8-7-20(15-22(25)33)36-30(40)31(10-11-31)29(39)35-19-5-2-4-18(32)14-19;;/h2,4-5,7-9,12,14-17H,3,6,10-11,13H2,1H3,(H,35,39)(H,36,40)(H,37,38);;. The van der Waals surface area contributed by atoms with Crippen molar-refractivity contribution in [3.63, 3.8) is 0 Å². The van der Waals surface area contributed by atoms with E-state index in [1.54, 1.807) is 42.5 Å². The number of aliphatic carboxylic acids is 1. The van der Waals surface area contributed by atoms with E-state index < -0.39 is 29.0 Å². The topological polar surface area (TPSA) is 136 Å². The molecule has 0 spiro atoms. The molecule has 224 valence electrons. The number of ether oxygens (including phenoxy) is 3. The van der Waals surface area contributed by atoms with Crippen molar-refractivity contribution in [1.29, 1.82) is 0 Å². The maximum atomic E-state index is 15.2. The molecule has 1 aromatic heterocycles. The zero-order chi connectivity index (χ0) is 30.6. The van der Waals surface area contributed by atoms with Gasteiger partial charge in [0.05, 0.1) is 19.2 Å². The van der Waals surface area contributed by atoms with Gasteiger partial charge in [0, 0.05) is 46.5 Å². The van der Waals surface area contributed by atoms with Crippen molar-refractivity contribution in [2.24, 2.45) is 5.41 Å². The average Bonchev–Trinajstić information content (AvgIpc) is 3.79. The van der Waals surface area contributed by atoms with Crippen LogP contribution in [0.2, 0.25) is 5.02 Å². The normalized spacial score (nSPS) is 12.9. The second-order valence-electron chi connectivity index (χ2n) is 9.92. The number of anilines is 2. The van der Waals surface area contributed by atoms with Gasteiger partial charge in [0.1, 0.15) is 11.2 Å². The molecule has 1 aliphatic rings. The van der Waals surface area contributed by atoms with Crippen LogP contribution in [0.25, 0.3) is 10.9 Å². The van der Waals surface area contributed by atoms with Crippen LogP contribution in [-0.2, 0) is 14.4 Å². The Labute approximate surface area is 269 Å². The molecule has 3 aromatic carbocycles. The van der Waals surface area contributed by atoms with Crippen LogP contribution in [0.15, 0.2) is 66.9 Å². The number of carboxylic acid groups (broad SMARTS) is 1. The Morgan fingerprint density at radius 2 is 1.68 bits per heavy atom. The SMILES string of the molecule is COc1cc2c(Oc3ccc(NC(=O)C4(C(=O)Nc5cccc(Cl)c5)CC4)cc3F)ccnc2cc1OCCCC(=O)O.[LiH]. The summed E-state index contributed by atoms with van der Waals surface area (Å²) in [6.45, 7) is 0.173. The van der Waals surface area contributed by atoms with E-state index in [0.29, 0.717) is 58.1 Å². The van der Waals surface area contributed by atoms with Crippen LogP contribution in [0.1, 0.15) is 25.7 Å². The van der Waals surface area contributed by atoms with Crippen molar-refractivity contribution >= 4 is 70.5 Å². The fourth-order valence-corrected chi connectivity index (χ4v) is 4.62. The second-order valence-corrected chi connectivity index (χ2v) is 10.4. The summed E-state index contributed by atoms with van der Waals surface area (Å²) in [5, 5.41) is 15.2. The van der Waals surface area contributed by atoms with Crippen LogP contribution >= 0.6 is 11.6 Å². The van der Waals surface area contributed by atoms with Crippen LogP contribution in [0, 0.1) is 11.2 Å². The van der Waals surface area contributed by atoms with Gasteiger partial charge in [-0.25, -0.2) is 4.39 Å². The number of halogens is 2. The first-order chi connectivity index (χ1) is 20.7. The third-order valence-electron chi connectivity index (χ3n) is 6.89. The predicted octanol–water partition coefficient (Wildman–Crippen LogP) is 5.78. The Morgan fingerprint density at radius 3 is 2.32 bits per heavy atom. The zero-order valence-corrected chi connectivity index (χ0v) is 23.7. The van der Waals surface area contributed by atoms with E-state index in [1.165, 1.54) is 25.4 Å². The summed E-state index contributed by atoms with van der Waals surface area (Å²) < 4.78 is 32.1. The number of carbonyl (C=O) groups is 3. The van der Waals surface area contributed by atoms with Crippen molar-refractivity contribution in [3.05, 3.63) is 77.7 Å². The van der Waals surface area contributed by atoms with Gasteiger partial charge >= 0.3 is 24.8 Å². The first-order valence-corrected chi connectivity index (χ1v) is 13.7. The van der Waals surface area contributed by atoms with E-state index >= 15 is 4.39 Å². The zero-order valence-electron chi connectivity index (χ0n) is 23.0. The Balaban J connectivity index is 0.00000442. The summed E-state index contributed by atoms with van der Waals surface area (Å²) in [6.07, 6.45) is 2.51. The molecule has 1 aliphatic carbocycles. The molecule has 2 amide bonds. The molecule has 4 aromatic rings. The molecule has 1 heterocycles. The van der Waals surface area contributed by atoms with Crippen molar-refractivity contribution in [1.82, 2.24) is 4.98 Å². The molecular weight excluding hydrogens is 588 g/mol. The second kappa shape index (κ2) is 14.0. The first kappa shape index (κ1) is 32.6. The minimum absolute atomic E-state index is 0. The number of carbonyl (C=O) groups excluding carboxylic acids is 2. The Morgan fingerprint density at radius 1 is 0.955 bits per heavy atom. The summed E-state index contributed by atoms with van der Waals surface area (Å²) in [5.74, 6) is -1.69. The third-order valence-corrected chi connectivity index (χ3v) is 7.13. The van der Waals surface area contributed by atoms with E-state index in [4.69, 9.17) is 30.9 Å². The summed E-state index contributed by atoms with van der Waals surface area (Å²) in [5.41, 5.74) is -0.115. The van der Waals surface area contributed by atoms with Crippen LogP contribution < -0.4 is 24.8 Å². The first-order valence-electron chi connectivity index (χ1n) is 13.4. The number of methoxy groups -OCH3 is 1. The Kier molecular flexibility index (Phi) is 10.4. The molecule has 3 N–H and O–H groups in total. The maximum absolute atomic E-state index is 15.2. The molecular formula is C31H28ClFLiN3O7. The van der Waals surface area contributed by atoms with E-state index in [9.17, 15) is 14.4 Å². The number of hydrogen-bond donors (Lipinski definition) is 3. The number of amides is 2. The number of fused-ring (bicyclic) bond motifs is 1. The van der Waals surface area contributed by atoms with Crippen molar-refractivity contribution < 1.29 is 38.1 Å². The van der Waals surface area contributed by atoms with Crippen LogP contribution in [0.5, 0.6) is 23.0 Å². The molecule has 10 nitrogen and oxygen atoms in total. The van der Waals surface area contributed by atoms with Gasteiger partial charge in [-0.2, -0.15) is 0 Å². The van der Waals surface area contributed by atoms with Gasteiger partial charge in [0.15, 0.2) is 23.1 Å². The van der Waals surface area contributed by atoms with E-state index in [-0.39, 0.29) is 43.3 Å². The number of pyridine rings is 1. The molecule has 1 saturated carbocycles. The Hall–Kier alpha value is -4.30. The molecule has 0 atom stereocenters. The van der Waals surface area contributed by atoms with Crippen molar-refractivity contribution in [2.45, 2.75) is 25.7 Å². The monoisotopic (exact) mass is 615 g/mol. The molecule has 5 rings (SSSR count). The van der Waals surface area contributed by atoms with Gasteiger partial charge in [-0.3, -0.25) is 19.4 Å². The number of nitrogens with zero attached hydrogens (tertiary/aromatic N) is 1. The van der Waals surface area contributed by atoms with Crippen LogP contribution in [-0.4, -0.2) is 60.5 Å². The average molecular weight is 616 g/mol. The van der Waals surface area contributed by atoms with Crippen molar-refractivity contribution in [2.75, 3.05) is 24.4 Å². The molecule has 0 unspecified atom stereocenters. The minimum atomic E-state index is -1.25. The predicted molar refractivity (Wildman–Crippen MR) is 165 cm³/mol. The van der Waals surface area contributed by atoms with E-state index in [0.717, 1.165) is 6.07 Å². The third kappa shape index (κ3) is 7.42. The van der Waals surface area contributed by atoms with Gasteiger partial charge in [-0.05, 0) is 61.7 Å². The molecule has 0 radical (unpaired) electrons. The summed E-state index contributed by atoms with van der Waals surface area (Å²) in [4.78, 5) is 41.0. The van der Waals surface area contributed by atoms with Gasteiger partial charge in [0.2, 0.25) is 11.8 Å². The molecule has 0 aliphatic heterocycles. The number of benzene rings is 3. The van der Waals surface area contributed by atoms with Crippen LogP contribution in [0.3, 0.4) is 0 Å². The van der Waals surface area contributed by atoms with Gasteiger partial charge in [0.25, 0.3) is 0 Å². The van der Waals surface area contributed by atoms with Gasteiger partial charge < -0.3 is 30.0 Å². The number of nitrogens with one attached hydrogen (secondary N) is 2. The molecule has 44 heavy (non-hydrogen) atoms. The van der Waals surface area contributed by atoms with Gasteiger partial charge in [-0.1, -0.05) is 17.7 Å². The number of hydrogen-bond acceptors (Lipinski definition) is 7. The quantitative estimate of drug-likeness (QED) is 0.104. The number of aromatic nitrogens is 1. The van der Waals surface area contributed by atoms with Crippen molar-refractivity contribution in [3.8, 4) is 23.0 Å². The number of rotatable bonds is 12. The molecule has 0 bridgehead atoms. The number of carboxylic acids is 1. The van der Waals surface area contributed by atoms with E-state index in [1.807, 2.05) is 0 Å². The van der Waals surface area contributed by atoms with E-state index in [2.05, 4.69) is 15.6 Å². The summed E-state index contributed by atoms with van der Waals surface area (Å²) in [7, 11) is 1.46. The van der Waals surface area contributed by atoms with Gasteiger partial charge in [-0.15, -0.1) is 0 Å². The summed E-state index contributed by atoms with van der Waals surface area (Å²) >= 11 is 5.98. The fraction of sp³-hybridized carbons (Fsp3) is 0.226. The summed E-state index contributed by atoms with van der Waals surface area (Å²) in [6, 6.07) is 15.4. The molecule has 1 fully saturated rings. The van der Waals surface area contributed by atoms with Crippen LogP contribution in [0.4, 0.5) is 15.8 Å². The fourth-order valence-electron chi connectivity index (χ4n) is 4.43. The molecule has 0 saturated heterocycles. The Bertz CT molecular complexity index is 1720. The molecule has 13 heteroatoms.